The number of hydrogen-bond acceptors (Lipinski definition) is 6. The second-order valence-electron chi connectivity index (χ2n) is 5.67. The number of nitrogens with zero attached hydrogens (tertiary/aromatic N) is 3. The molecule has 8 heteroatoms. The number of aromatic hydroxyl groups is 1. The van der Waals surface area contributed by atoms with E-state index in [1.165, 1.54) is 4.80 Å². The molecule has 0 amide bonds. The van der Waals surface area contributed by atoms with Crippen LogP contribution in [-0.4, -0.2) is 43.8 Å². The van der Waals surface area contributed by atoms with E-state index in [0.29, 0.717) is 12.1 Å². The summed E-state index contributed by atoms with van der Waals surface area (Å²) in [6.07, 6.45) is -0.00124. The second kappa shape index (κ2) is 7.64. The third kappa shape index (κ3) is 4.15. The zero-order chi connectivity index (χ0) is 18.5. The monoisotopic (exact) mass is 355 g/mol. The van der Waals surface area contributed by atoms with Crippen molar-refractivity contribution in [1.29, 1.82) is 0 Å². The number of aliphatic carboxylic acids is 1. The summed E-state index contributed by atoms with van der Waals surface area (Å²) in [7, 11) is 0. The summed E-state index contributed by atoms with van der Waals surface area (Å²) in [5, 5.41) is 27.4. The number of carboxylic acid groups (broad SMARTS) is 1. The molecule has 0 spiro atoms. The van der Waals surface area contributed by atoms with Gasteiger partial charge in [-0.15, -0.1) is 15.0 Å². The molecule has 0 saturated carbocycles. The lowest BCUT2D eigenvalue weighted by Crippen LogP contribution is -2.09. The minimum atomic E-state index is -1.04. The molecule has 0 saturated heterocycles. The van der Waals surface area contributed by atoms with Crippen LogP contribution < -0.4 is 0 Å². The number of carboxylic acids is 1. The highest BCUT2D eigenvalue weighted by Crippen LogP contribution is 2.23. The Hall–Kier alpha value is -3.42. The third-order valence-corrected chi connectivity index (χ3v) is 3.74. The molecule has 0 bridgehead atoms. The standard InChI is InChI=1S/C18H17N3O5/c22-16-11-12(9-10-26-18(25)8-7-17(23)24)5-6-15(16)21-19-13-3-1-2-4-14(13)20-21/h1-6,11,22H,7-10H2,(H,23,24). The molecular weight excluding hydrogens is 338 g/mol. The van der Waals surface area contributed by atoms with Crippen LogP contribution in [0.25, 0.3) is 16.7 Å². The quantitative estimate of drug-likeness (QED) is 0.624. The second-order valence-corrected chi connectivity index (χ2v) is 5.67. The zero-order valence-electron chi connectivity index (χ0n) is 13.8. The van der Waals surface area contributed by atoms with Crippen molar-refractivity contribution in [3.8, 4) is 11.4 Å². The number of hydrogen-bond donors (Lipinski definition) is 2. The van der Waals surface area contributed by atoms with E-state index in [1.807, 2.05) is 24.3 Å². The Morgan fingerprint density at radius 2 is 1.73 bits per heavy atom. The van der Waals surface area contributed by atoms with Crippen molar-refractivity contribution in [3.63, 3.8) is 0 Å². The summed E-state index contributed by atoms with van der Waals surface area (Å²) >= 11 is 0. The first-order valence-corrected chi connectivity index (χ1v) is 8.05. The highest BCUT2D eigenvalue weighted by Gasteiger charge is 2.10. The molecule has 26 heavy (non-hydrogen) atoms. The fraction of sp³-hybridized carbons (Fsp3) is 0.222. The molecule has 2 aromatic carbocycles. The lowest BCUT2D eigenvalue weighted by atomic mass is 10.1. The van der Waals surface area contributed by atoms with E-state index >= 15 is 0 Å². The average molecular weight is 355 g/mol. The van der Waals surface area contributed by atoms with E-state index in [2.05, 4.69) is 10.2 Å². The summed E-state index contributed by atoms with van der Waals surface area (Å²) in [5.41, 5.74) is 2.67. The van der Waals surface area contributed by atoms with Crippen LogP contribution in [0, 0.1) is 0 Å². The average Bonchev–Trinajstić information content (AvgIpc) is 3.04. The first-order valence-electron chi connectivity index (χ1n) is 8.05. The molecule has 3 aromatic rings. The van der Waals surface area contributed by atoms with Gasteiger partial charge in [-0.3, -0.25) is 9.59 Å². The van der Waals surface area contributed by atoms with Crippen LogP contribution in [0.5, 0.6) is 5.75 Å². The molecule has 1 heterocycles. The van der Waals surface area contributed by atoms with E-state index in [0.717, 1.165) is 16.6 Å². The van der Waals surface area contributed by atoms with Gasteiger partial charge >= 0.3 is 11.9 Å². The topological polar surface area (TPSA) is 115 Å². The van der Waals surface area contributed by atoms with Crippen molar-refractivity contribution in [1.82, 2.24) is 15.0 Å². The molecule has 1 aromatic heterocycles. The number of phenolic OH excluding ortho intramolecular Hbond substituents is 1. The number of phenols is 1. The molecule has 134 valence electrons. The molecule has 0 atom stereocenters. The molecule has 8 nitrogen and oxygen atoms in total. The van der Waals surface area contributed by atoms with Gasteiger partial charge in [0, 0.05) is 6.42 Å². The number of rotatable bonds is 7. The van der Waals surface area contributed by atoms with E-state index in [-0.39, 0.29) is 25.2 Å². The van der Waals surface area contributed by atoms with Gasteiger partial charge in [0.1, 0.15) is 22.5 Å². The molecule has 0 radical (unpaired) electrons. The van der Waals surface area contributed by atoms with Crippen LogP contribution in [0.1, 0.15) is 18.4 Å². The highest BCUT2D eigenvalue weighted by atomic mass is 16.5. The fourth-order valence-corrected chi connectivity index (χ4v) is 2.43. The molecule has 0 aliphatic rings. The number of aromatic nitrogens is 3. The van der Waals surface area contributed by atoms with Crippen molar-refractivity contribution in [2.24, 2.45) is 0 Å². The normalized spacial score (nSPS) is 10.8. The van der Waals surface area contributed by atoms with Crippen LogP contribution in [0.3, 0.4) is 0 Å². The zero-order valence-corrected chi connectivity index (χ0v) is 13.8. The Kier molecular flexibility index (Phi) is 5.12. The van der Waals surface area contributed by atoms with Gasteiger partial charge in [-0.2, -0.15) is 0 Å². The first-order chi connectivity index (χ1) is 12.5. The number of carbonyl (C=O) groups is 2. The van der Waals surface area contributed by atoms with E-state index in [9.17, 15) is 14.7 Å². The Morgan fingerprint density at radius 1 is 1.04 bits per heavy atom. The fourth-order valence-electron chi connectivity index (χ4n) is 2.43. The molecule has 3 rings (SSSR count). The SMILES string of the molecule is O=C(O)CCC(=O)OCCc1ccc(-n2nc3ccccc3n2)c(O)c1. The van der Waals surface area contributed by atoms with Crippen LogP contribution in [-0.2, 0) is 20.7 Å². The van der Waals surface area contributed by atoms with Gasteiger partial charge in [0.25, 0.3) is 0 Å². The van der Waals surface area contributed by atoms with Gasteiger partial charge in [-0.25, -0.2) is 0 Å². The molecule has 0 fully saturated rings. The summed E-state index contributed by atoms with van der Waals surface area (Å²) in [4.78, 5) is 23.1. The summed E-state index contributed by atoms with van der Waals surface area (Å²) < 4.78 is 4.98. The van der Waals surface area contributed by atoms with Crippen LogP contribution >= 0.6 is 0 Å². The highest BCUT2D eigenvalue weighted by molar-refractivity contribution is 5.76. The van der Waals surface area contributed by atoms with Crippen molar-refractivity contribution < 1.29 is 24.5 Å². The van der Waals surface area contributed by atoms with Crippen molar-refractivity contribution in [2.75, 3.05) is 6.61 Å². The van der Waals surface area contributed by atoms with Crippen molar-refractivity contribution in [3.05, 3.63) is 48.0 Å². The lowest BCUT2D eigenvalue weighted by molar-refractivity contribution is -0.147. The summed E-state index contributed by atoms with van der Waals surface area (Å²) in [6, 6.07) is 12.4. The molecule has 0 aliphatic carbocycles. The van der Waals surface area contributed by atoms with Gasteiger partial charge in [0.2, 0.25) is 0 Å². The predicted molar refractivity (Wildman–Crippen MR) is 92.1 cm³/mol. The van der Waals surface area contributed by atoms with E-state index < -0.39 is 11.9 Å². The van der Waals surface area contributed by atoms with E-state index in [4.69, 9.17) is 9.84 Å². The van der Waals surface area contributed by atoms with Crippen LogP contribution in [0.4, 0.5) is 0 Å². The number of esters is 1. The minimum absolute atomic E-state index is 0.0139. The third-order valence-electron chi connectivity index (χ3n) is 3.74. The molecule has 0 unspecified atom stereocenters. The molecule has 0 aliphatic heterocycles. The summed E-state index contributed by atoms with van der Waals surface area (Å²) in [6.45, 7) is 0.112. The Bertz CT molecular complexity index is 918. The maximum absolute atomic E-state index is 11.4. The van der Waals surface area contributed by atoms with Gasteiger partial charge in [0.05, 0.1) is 19.4 Å². The molecular formula is C18H17N3O5. The maximum atomic E-state index is 11.4. The van der Waals surface area contributed by atoms with Gasteiger partial charge in [-0.05, 0) is 29.8 Å². The van der Waals surface area contributed by atoms with E-state index in [1.54, 1.807) is 18.2 Å². The van der Waals surface area contributed by atoms with Crippen molar-refractivity contribution >= 4 is 23.0 Å². The van der Waals surface area contributed by atoms with Crippen LogP contribution in [0.15, 0.2) is 42.5 Å². The lowest BCUT2D eigenvalue weighted by Gasteiger charge is -2.07. The van der Waals surface area contributed by atoms with Crippen LogP contribution in [0.2, 0.25) is 0 Å². The Labute approximate surface area is 148 Å². The maximum Gasteiger partial charge on any atom is 0.306 e. The van der Waals surface area contributed by atoms with Gasteiger partial charge in [0.15, 0.2) is 0 Å². The Balaban J connectivity index is 1.62. The molecule has 2 N–H and O–H groups in total. The Morgan fingerprint density at radius 3 is 2.35 bits per heavy atom. The predicted octanol–water partition coefficient (Wildman–Crippen LogP) is 2.08. The number of benzene rings is 2. The van der Waals surface area contributed by atoms with Gasteiger partial charge < -0.3 is 14.9 Å². The smallest absolute Gasteiger partial charge is 0.306 e. The largest absolute Gasteiger partial charge is 0.506 e. The number of carbonyl (C=O) groups excluding carboxylic acids is 1. The first kappa shape index (κ1) is 17.4. The number of fused-ring (bicyclic) bond motifs is 1. The number of ether oxygens (including phenoxy) is 1. The van der Waals surface area contributed by atoms with Gasteiger partial charge in [-0.1, -0.05) is 18.2 Å². The minimum Gasteiger partial charge on any atom is -0.506 e. The van der Waals surface area contributed by atoms with Crippen molar-refractivity contribution in [2.45, 2.75) is 19.3 Å². The summed E-state index contributed by atoms with van der Waals surface area (Å²) in [5.74, 6) is -1.58.